The van der Waals surface area contributed by atoms with Crippen LogP contribution in [-0.2, 0) is 0 Å². The zero-order valence-electron chi connectivity index (χ0n) is 17.3. The SMILES string of the molecule is Cc1cc(F)ccc1C(c1ccccc1F)[C@H]1[C@H]2CCCN2C(=O)c2c(O)c(=O)cnn21. The molecule has 5 rings (SSSR count). The molecule has 0 bridgehead atoms. The molecule has 1 unspecified atom stereocenters. The third kappa shape index (κ3) is 3.01. The maximum Gasteiger partial charge on any atom is 0.276 e. The minimum Gasteiger partial charge on any atom is -0.502 e. The Kier molecular flexibility index (Phi) is 4.80. The quantitative estimate of drug-likeness (QED) is 0.680. The fourth-order valence-electron chi connectivity index (χ4n) is 5.20. The Morgan fingerprint density at radius 2 is 1.91 bits per heavy atom. The van der Waals surface area contributed by atoms with Crippen molar-refractivity contribution < 1.29 is 18.7 Å². The van der Waals surface area contributed by atoms with E-state index < -0.39 is 40.7 Å². The molecule has 1 amide bonds. The van der Waals surface area contributed by atoms with Crippen LogP contribution in [0.25, 0.3) is 0 Å². The summed E-state index contributed by atoms with van der Waals surface area (Å²) < 4.78 is 30.4. The fourth-order valence-corrected chi connectivity index (χ4v) is 5.20. The Morgan fingerprint density at radius 3 is 2.66 bits per heavy atom. The Hall–Kier alpha value is -3.55. The van der Waals surface area contributed by atoms with Crippen LogP contribution in [0.15, 0.2) is 53.5 Å². The summed E-state index contributed by atoms with van der Waals surface area (Å²) in [6, 6.07) is 9.76. The van der Waals surface area contributed by atoms with Crippen molar-refractivity contribution in [2.45, 2.75) is 37.8 Å². The molecular formula is C24H21F2N3O3. The van der Waals surface area contributed by atoms with E-state index in [1.807, 2.05) is 0 Å². The molecule has 3 heterocycles. The monoisotopic (exact) mass is 437 g/mol. The zero-order chi connectivity index (χ0) is 22.6. The van der Waals surface area contributed by atoms with Crippen LogP contribution in [0.4, 0.5) is 8.78 Å². The van der Waals surface area contributed by atoms with Crippen LogP contribution >= 0.6 is 0 Å². The number of carbonyl (C=O) groups excluding carboxylic acids is 1. The van der Waals surface area contributed by atoms with Crippen molar-refractivity contribution in [2.75, 3.05) is 6.54 Å². The van der Waals surface area contributed by atoms with Gasteiger partial charge in [-0.25, -0.2) is 8.78 Å². The van der Waals surface area contributed by atoms with Crippen molar-refractivity contribution in [2.24, 2.45) is 0 Å². The van der Waals surface area contributed by atoms with Gasteiger partial charge in [0.15, 0.2) is 11.4 Å². The van der Waals surface area contributed by atoms with Crippen LogP contribution in [-0.4, -0.2) is 38.3 Å². The summed E-state index contributed by atoms with van der Waals surface area (Å²) in [5, 5.41) is 14.7. The van der Waals surface area contributed by atoms with E-state index in [1.54, 1.807) is 36.1 Å². The van der Waals surface area contributed by atoms with Crippen LogP contribution in [0.1, 0.15) is 52.0 Å². The molecule has 2 aliphatic heterocycles. The van der Waals surface area contributed by atoms with Crippen LogP contribution in [0, 0.1) is 18.6 Å². The van der Waals surface area contributed by atoms with E-state index >= 15 is 4.39 Å². The molecule has 0 radical (unpaired) electrons. The Morgan fingerprint density at radius 1 is 1.12 bits per heavy atom. The number of fused-ring (bicyclic) bond motifs is 2. The fraction of sp³-hybridized carbons (Fsp3) is 0.292. The Bertz CT molecular complexity index is 1290. The van der Waals surface area contributed by atoms with Crippen molar-refractivity contribution in [3.8, 4) is 5.75 Å². The van der Waals surface area contributed by atoms with Crippen LogP contribution < -0.4 is 5.43 Å². The van der Waals surface area contributed by atoms with Crippen LogP contribution in [0.2, 0.25) is 0 Å². The van der Waals surface area contributed by atoms with Gasteiger partial charge in [-0.05, 0) is 54.7 Å². The summed E-state index contributed by atoms with van der Waals surface area (Å²) in [7, 11) is 0. The number of aryl methyl sites for hydroxylation is 1. The Labute approximate surface area is 182 Å². The number of nitrogens with zero attached hydrogens (tertiary/aromatic N) is 3. The zero-order valence-corrected chi connectivity index (χ0v) is 17.3. The number of benzene rings is 2. The standard InChI is InChI=1S/C24H21F2N3O3/c1-13-11-14(25)8-9-15(13)20(16-5-2-3-6-17(16)26)21-18-7-4-10-28(18)24(32)22-23(31)19(30)12-27-29(21)22/h2-3,5-6,8-9,11-12,18,20-21,31H,4,7,10H2,1H3/t18-,20?,21-/m1/s1. The molecule has 2 aliphatic rings. The molecular weight excluding hydrogens is 416 g/mol. The second kappa shape index (κ2) is 7.55. The van der Waals surface area contributed by atoms with Crippen LogP contribution in [0.5, 0.6) is 5.75 Å². The van der Waals surface area contributed by atoms with Gasteiger partial charge in [-0.1, -0.05) is 24.3 Å². The van der Waals surface area contributed by atoms with E-state index in [9.17, 15) is 19.1 Å². The van der Waals surface area contributed by atoms with E-state index in [0.717, 1.165) is 12.6 Å². The molecule has 3 aromatic rings. The highest BCUT2D eigenvalue weighted by Crippen LogP contribution is 2.46. The first-order valence-corrected chi connectivity index (χ1v) is 10.5. The minimum atomic E-state index is -0.749. The molecule has 0 aliphatic carbocycles. The molecule has 0 saturated carbocycles. The predicted octanol–water partition coefficient (Wildman–Crippen LogP) is 3.53. The third-order valence-electron chi connectivity index (χ3n) is 6.57. The van der Waals surface area contributed by atoms with E-state index in [-0.39, 0.29) is 11.7 Å². The predicted molar refractivity (Wildman–Crippen MR) is 113 cm³/mol. The maximum absolute atomic E-state index is 15.1. The molecule has 1 fully saturated rings. The lowest BCUT2D eigenvalue weighted by atomic mass is 9.78. The average Bonchev–Trinajstić information content (AvgIpc) is 3.25. The number of hydrogen-bond donors (Lipinski definition) is 1. The van der Waals surface area contributed by atoms with Crippen LogP contribution in [0.3, 0.4) is 0 Å². The molecule has 1 N–H and O–H groups in total. The number of halogens is 2. The summed E-state index contributed by atoms with van der Waals surface area (Å²) in [5.74, 6) is -2.60. The second-order valence-corrected chi connectivity index (χ2v) is 8.35. The first kappa shape index (κ1) is 20.4. The molecule has 1 aromatic heterocycles. The number of amides is 1. The van der Waals surface area contributed by atoms with Gasteiger partial charge in [0.25, 0.3) is 5.91 Å². The molecule has 2 aromatic carbocycles. The lowest BCUT2D eigenvalue weighted by molar-refractivity contribution is 0.0564. The summed E-state index contributed by atoms with van der Waals surface area (Å²) in [4.78, 5) is 26.9. The summed E-state index contributed by atoms with van der Waals surface area (Å²) in [6.45, 7) is 2.22. The van der Waals surface area contributed by atoms with Gasteiger partial charge in [0, 0.05) is 12.5 Å². The van der Waals surface area contributed by atoms with E-state index in [1.165, 1.54) is 22.9 Å². The highest BCUT2D eigenvalue weighted by molar-refractivity contribution is 5.96. The topological polar surface area (TPSA) is 75.4 Å². The number of hydrogen-bond acceptors (Lipinski definition) is 4. The molecule has 0 spiro atoms. The largest absolute Gasteiger partial charge is 0.502 e. The average molecular weight is 437 g/mol. The van der Waals surface area contributed by atoms with E-state index in [0.29, 0.717) is 29.7 Å². The summed E-state index contributed by atoms with van der Waals surface area (Å²) in [6.07, 6.45) is 2.37. The first-order valence-electron chi connectivity index (χ1n) is 10.5. The highest BCUT2D eigenvalue weighted by atomic mass is 19.1. The van der Waals surface area contributed by atoms with Crippen molar-refractivity contribution in [3.63, 3.8) is 0 Å². The number of aromatic hydroxyl groups is 1. The van der Waals surface area contributed by atoms with E-state index in [4.69, 9.17) is 0 Å². The van der Waals surface area contributed by atoms with Crippen molar-refractivity contribution in [3.05, 3.63) is 92.9 Å². The molecule has 8 heteroatoms. The van der Waals surface area contributed by atoms with Crippen molar-refractivity contribution in [1.82, 2.24) is 14.7 Å². The smallest absolute Gasteiger partial charge is 0.276 e. The van der Waals surface area contributed by atoms with Gasteiger partial charge in [0.1, 0.15) is 11.6 Å². The number of aromatic nitrogens is 2. The minimum absolute atomic E-state index is 0.193. The third-order valence-corrected chi connectivity index (χ3v) is 6.57. The normalized spacial score (nSPS) is 20.7. The second-order valence-electron chi connectivity index (χ2n) is 8.35. The molecule has 6 nitrogen and oxygen atoms in total. The number of rotatable bonds is 3. The summed E-state index contributed by atoms with van der Waals surface area (Å²) in [5.41, 5.74) is 0.752. The molecule has 32 heavy (non-hydrogen) atoms. The molecule has 164 valence electrons. The first-order chi connectivity index (χ1) is 15.4. The molecule has 3 atom stereocenters. The molecule has 1 saturated heterocycles. The van der Waals surface area contributed by atoms with Crippen molar-refractivity contribution in [1.29, 1.82) is 0 Å². The number of carbonyl (C=O) groups is 1. The lowest BCUT2D eigenvalue weighted by Crippen LogP contribution is -2.51. The van der Waals surface area contributed by atoms with Crippen molar-refractivity contribution >= 4 is 5.91 Å². The van der Waals surface area contributed by atoms with Gasteiger partial charge < -0.3 is 10.0 Å². The van der Waals surface area contributed by atoms with E-state index in [2.05, 4.69) is 5.10 Å². The maximum atomic E-state index is 15.1. The van der Waals surface area contributed by atoms with Gasteiger partial charge in [0.05, 0.1) is 18.3 Å². The Balaban J connectivity index is 1.82. The lowest BCUT2D eigenvalue weighted by Gasteiger charge is -2.43. The van der Waals surface area contributed by atoms with Gasteiger partial charge >= 0.3 is 0 Å². The summed E-state index contributed by atoms with van der Waals surface area (Å²) >= 11 is 0. The highest BCUT2D eigenvalue weighted by Gasteiger charge is 2.48. The van der Waals surface area contributed by atoms with Gasteiger partial charge in [-0.2, -0.15) is 5.10 Å². The van der Waals surface area contributed by atoms with Gasteiger partial charge in [-0.15, -0.1) is 0 Å². The van der Waals surface area contributed by atoms with Gasteiger partial charge in [0.2, 0.25) is 5.43 Å². The van der Waals surface area contributed by atoms with Gasteiger partial charge in [-0.3, -0.25) is 14.3 Å².